The SMILES string of the molecule is CCc1c(C)nc(-n2nc(C)cc2NC(=O)[C@H]2CCCC[C@@H]2C(=O)[O-])[nH]c1=O. The van der Waals surface area contributed by atoms with Crippen LogP contribution in [0, 0.1) is 25.7 Å². The number of aromatic amines is 1. The Hall–Kier alpha value is -2.97. The van der Waals surface area contributed by atoms with Crippen LogP contribution in [0.25, 0.3) is 5.95 Å². The highest BCUT2D eigenvalue weighted by Gasteiger charge is 2.32. The fourth-order valence-corrected chi connectivity index (χ4v) is 3.81. The largest absolute Gasteiger partial charge is 0.550 e. The minimum Gasteiger partial charge on any atom is -0.550 e. The lowest BCUT2D eigenvalue weighted by atomic mass is 9.79. The lowest BCUT2D eigenvalue weighted by molar-refractivity contribution is -0.313. The van der Waals surface area contributed by atoms with Crippen molar-refractivity contribution >= 4 is 17.7 Å². The van der Waals surface area contributed by atoms with E-state index in [0.717, 1.165) is 12.8 Å². The summed E-state index contributed by atoms with van der Waals surface area (Å²) in [5.41, 5.74) is 1.56. The Morgan fingerprint density at radius 2 is 1.96 bits per heavy atom. The molecule has 0 radical (unpaired) electrons. The van der Waals surface area contributed by atoms with Gasteiger partial charge >= 0.3 is 0 Å². The molecule has 0 saturated heterocycles. The molecule has 28 heavy (non-hydrogen) atoms. The number of aryl methyl sites for hydroxylation is 2. The number of nitrogens with one attached hydrogen (secondary N) is 2. The van der Waals surface area contributed by atoms with Crippen molar-refractivity contribution in [3.05, 3.63) is 33.4 Å². The third-order valence-electron chi connectivity index (χ3n) is 5.25. The van der Waals surface area contributed by atoms with Crippen LogP contribution in [0.5, 0.6) is 0 Å². The highest BCUT2D eigenvalue weighted by Crippen LogP contribution is 2.31. The highest BCUT2D eigenvalue weighted by molar-refractivity contribution is 5.94. The number of amides is 1. The van der Waals surface area contributed by atoms with E-state index in [1.165, 1.54) is 4.68 Å². The van der Waals surface area contributed by atoms with Crippen LogP contribution < -0.4 is 16.0 Å². The van der Waals surface area contributed by atoms with E-state index in [9.17, 15) is 19.5 Å². The van der Waals surface area contributed by atoms with Crippen LogP contribution in [-0.4, -0.2) is 31.6 Å². The van der Waals surface area contributed by atoms with Gasteiger partial charge in [0.15, 0.2) is 0 Å². The second-order valence-electron chi connectivity index (χ2n) is 7.20. The summed E-state index contributed by atoms with van der Waals surface area (Å²) in [6, 6.07) is 1.65. The van der Waals surface area contributed by atoms with Gasteiger partial charge < -0.3 is 15.2 Å². The molecular weight excluding hydrogens is 362 g/mol. The Morgan fingerprint density at radius 1 is 1.29 bits per heavy atom. The Kier molecular flexibility index (Phi) is 5.62. The quantitative estimate of drug-likeness (QED) is 0.774. The third kappa shape index (κ3) is 3.83. The molecule has 2 N–H and O–H groups in total. The zero-order valence-electron chi connectivity index (χ0n) is 16.2. The summed E-state index contributed by atoms with van der Waals surface area (Å²) in [4.78, 5) is 43.5. The number of hydrogen-bond donors (Lipinski definition) is 2. The number of rotatable bonds is 5. The first-order valence-electron chi connectivity index (χ1n) is 9.50. The Balaban J connectivity index is 1.92. The summed E-state index contributed by atoms with van der Waals surface area (Å²) in [6.07, 6.45) is 3.06. The van der Waals surface area contributed by atoms with Crippen molar-refractivity contribution in [1.82, 2.24) is 19.7 Å². The number of H-pyrrole nitrogens is 1. The molecule has 2 aromatic heterocycles. The highest BCUT2D eigenvalue weighted by atomic mass is 16.4. The average Bonchev–Trinajstić information content (AvgIpc) is 3.01. The van der Waals surface area contributed by atoms with E-state index in [-0.39, 0.29) is 17.4 Å². The molecule has 1 amide bonds. The fraction of sp³-hybridized carbons (Fsp3) is 0.526. The maximum absolute atomic E-state index is 12.8. The minimum atomic E-state index is -1.19. The lowest BCUT2D eigenvalue weighted by Gasteiger charge is -2.31. The summed E-state index contributed by atoms with van der Waals surface area (Å²) < 4.78 is 1.36. The predicted molar refractivity (Wildman–Crippen MR) is 99.9 cm³/mol. The zero-order chi connectivity index (χ0) is 20.4. The van der Waals surface area contributed by atoms with Gasteiger partial charge in [0.2, 0.25) is 11.9 Å². The van der Waals surface area contributed by atoms with Gasteiger partial charge in [0, 0.05) is 35.1 Å². The van der Waals surface area contributed by atoms with Crippen molar-refractivity contribution in [3.8, 4) is 5.95 Å². The van der Waals surface area contributed by atoms with Crippen molar-refractivity contribution in [2.75, 3.05) is 5.32 Å². The number of aliphatic carboxylic acids is 1. The minimum absolute atomic E-state index is 0.197. The molecule has 1 saturated carbocycles. The molecule has 0 unspecified atom stereocenters. The Morgan fingerprint density at radius 3 is 2.57 bits per heavy atom. The maximum atomic E-state index is 12.8. The molecule has 2 heterocycles. The number of hydrogen-bond acceptors (Lipinski definition) is 6. The van der Waals surface area contributed by atoms with Gasteiger partial charge in [-0.1, -0.05) is 19.8 Å². The van der Waals surface area contributed by atoms with Crippen LogP contribution in [-0.2, 0) is 16.0 Å². The van der Waals surface area contributed by atoms with Crippen LogP contribution >= 0.6 is 0 Å². The molecular formula is C19H24N5O4-. The van der Waals surface area contributed by atoms with Gasteiger partial charge in [-0.15, -0.1) is 0 Å². The van der Waals surface area contributed by atoms with E-state index in [2.05, 4.69) is 20.4 Å². The molecule has 0 aliphatic heterocycles. The number of carbonyl (C=O) groups is 2. The predicted octanol–water partition coefficient (Wildman–Crippen LogP) is 0.630. The van der Waals surface area contributed by atoms with Gasteiger partial charge in [-0.2, -0.15) is 9.78 Å². The first-order chi connectivity index (χ1) is 13.3. The number of carboxylic acid groups (broad SMARTS) is 1. The Labute approximate surface area is 162 Å². The first-order valence-corrected chi connectivity index (χ1v) is 9.50. The zero-order valence-corrected chi connectivity index (χ0v) is 16.2. The van der Waals surface area contributed by atoms with Gasteiger partial charge in [0.1, 0.15) is 5.82 Å². The van der Waals surface area contributed by atoms with E-state index >= 15 is 0 Å². The summed E-state index contributed by atoms with van der Waals surface area (Å²) in [5, 5.41) is 18.5. The average molecular weight is 386 g/mol. The molecule has 1 aliphatic carbocycles. The molecule has 0 spiro atoms. The van der Waals surface area contributed by atoms with Gasteiger partial charge in [-0.25, -0.2) is 4.98 Å². The van der Waals surface area contributed by atoms with Crippen molar-refractivity contribution < 1.29 is 14.7 Å². The van der Waals surface area contributed by atoms with Crippen molar-refractivity contribution in [2.45, 2.75) is 52.9 Å². The molecule has 2 atom stereocenters. The summed E-state index contributed by atoms with van der Waals surface area (Å²) >= 11 is 0. The number of carbonyl (C=O) groups excluding carboxylic acids is 2. The third-order valence-corrected chi connectivity index (χ3v) is 5.25. The number of anilines is 1. The number of aromatic nitrogens is 4. The van der Waals surface area contributed by atoms with Crippen LogP contribution in [0.15, 0.2) is 10.9 Å². The van der Waals surface area contributed by atoms with Crippen LogP contribution in [0.3, 0.4) is 0 Å². The summed E-state index contributed by atoms with van der Waals surface area (Å²) in [5.74, 6) is -2.50. The fourth-order valence-electron chi connectivity index (χ4n) is 3.81. The number of carboxylic acids is 1. The van der Waals surface area contributed by atoms with Crippen molar-refractivity contribution in [3.63, 3.8) is 0 Å². The van der Waals surface area contributed by atoms with Gasteiger partial charge in [0.05, 0.1) is 5.69 Å². The van der Waals surface area contributed by atoms with Crippen molar-refractivity contribution in [2.24, 2.45) is 11.8 Å². The molecule has 9 nitrogen and oxygen atoms in total. The van der Waals surface area contributed by atoms with E-state index in [4.69, 9.17) is 0 Å². The van der Waals surface area contributed by atoms with Gasteiger partial charge in [-0.3, -0.25) is 14.6 Å². The molecule has 1 fully saturated rings. The monoisotopic (exact) mass is 386 g/mol. The van der Waals surface area contributed by atoms with Crippen molar-refractivity contribution in [1.29, 1.82) is 0 Å². The number of nitrogens with zero attached hydrogens (tertiary/aromatic N) is 3. The molecule has 2 aromatic rings. The normalized spacial score (nSPS) is 19.4. The summed E-state index contributed by atoms with van der Waals surface area (Å²) in [7, 11) is 0. The van der Waals surface area contributed by atoms with E-state index in [1.54, 1.807) is 19.9 Å². The smallest absolute Gasteiger partial charge is 0.255 e. The molecule has 1 aliphatic rings. The Bertz CT molecular complexity index is 962. The van der Waals surface area contributed by atoms with Crippen LogP contribution in [0.2, 0.25) is 0 Å². The van der Waals surface area contributed by atoms with Gasteiger partial charge in [0.25, 0.3) is 5.56 Å². The van der Waals surface area contributed by atoms with E-state index in [0.29, 0.717) is 42.0 Å². The van der Waals surface area contributed by atoms with E-state index in [1.807, 2.05) is 6.92 Å². The van der Waals surface area contributed by atoms with Crippen LogP contribution in [0.4, 0.5) is 5.82 Å². The molecule has 150 valence electrons. The van der Waals surface area contributed by atoms with Gasteiger partial charge in [-0.05, 0) is 33.1 Å². The topological polar surface area (TPSA) is 133 Å². The second-order valence-corrected chi connectivity index (χ2v) is 7.20. The summed E-state index contributed by atoms with van der Waals surface area (Å²) in [6.45, 7) is 5.38. The molecule has 9 heteroatoms. The molecule has 0 bridgehead atoms. The maximum Gasteiger partial charge on any atom is 0.255 e. The molecule has 0 aromatic carbocycles. The molecule has 3 rings (SSSR count). The van der Waals surface area contributed by atoms with E-state index < -0.39 is 17.8 Å². The first kappa shape index (κ1) is 19.8. The van der Waals surface area contributed by atoms with Crippen LogP contribution in [0.1, 0.15) is 49.6 Å². The lowest BCUT2D eigenvalue weighted by Crippen LogP contribution is -2.42. The second kappa shape index (κ2) is 7.95. The standard InChI is InChI=1S/C19H25N5O4/c1-4-12-11(3)20-19(22-16(12)25)24-15(9-10(2)23-24)21-17(26)13-7-5-6-8-14(13)18(27)28/h9,13-14H,4-8H2,1-3H3,(H,21,26)(H,27,28)(H,20,22,25)/p-1/t13-,14-/m0/s1.